The molecule has 33 heavy (non-hydrogen) atoms. The number of rotatable bonds is 3. The predicted molar refractivity (Wildman–Crippen MR) is 150 cm³/mol. The van der Waals surface area contributed by atoms with Gasteiger partial charge in [-0.25, -0.2) is 0 Å². The van der Waals surface area contributed by atoms with Crippen molar-refractivity contribution in [2.75, 3.05) is 0 Å². The third kappa shape index (κ3) is 3.90. The molecule has 0 heterocycles. The van der Waals surface area contributed by atoms with E-state index in [0.717, 1.165) is 0 Å². The predicted octanol–water partition coefficient (Wildman–Crippen LogP) is 8.52. The average molecular weight is 575 g/mol. The number of benzene rings is 3. The van der Waals surface area contributed by atoms with Crippen LogP contribution in [0.15, 0.2) is 66.2 Å². The molecule has 5 rings (SSSR count). The third-order valence-corrected chi connectivity index (χ3v) is 25.5. The van der Waals surface area contributed by atoms with Crippen molar-refractivity contribution in [2.45, 2.75) is 50.1 Å². The smallest absolute Gasteiger partial charge is 0.147 e. The molecule has 0 N–H and O–H groups in total. The van der Waals surface area contributed by atoms with Crippen molar-refractivity contribution in [2.24, 2.45) is 0 Å². The number of fused-ring (bicyclic) bond motifs is 4. The summed E-state index contributed by atoms with van der Waals surface area (Å²) >= 11 is -3.44. The van der Waals surface area contributed by atoms with E-state index in [1.165, 1.54) is 27.8 Å². The van der Waals surface area contributed by atoms with Crippen molar-refractivity contribution >= 4 is 37.8 Å². The zero-order chi connectivity index (χ0) is 22.2. The van der Waals surface area contributed by atoms with Gasteiger partial charge >= 0.3 is 191 Å². The summed E-state index contributed by atoms with van der Waals surface area (Å²) in [7, 11) is 0. The first-order valence-corrected chi connectivity index (χ1v) is 25.3. The van der Waals surface area contributed by atoms with Crippen molar-refractivity contribution in [3.8, 4) is 11.1 Å². The Morgan fingerprint density at radius 3 is 1.79 bits per heavy atom. The van der Waals surface area contributed by atoms with Gasteiger partial charge in [-0.2, -0.15) is 0 Å². The van der Waals surface area contributed by atoms with Gasteiger partial charge in [0, 0.05) is 0 Å². The molecule has 4 heteroatoms. The minimum Gasteiger partial charge on any atom is -0.147 e. The van der Waals surface area contributed by atoms with Gasteiger partial charge in [0.05, 0.1) is 0 Å². The van der Waals surface area contributed by atoms with Gasteiger partial charge in [-0.15, -0.1) is 24.8 Å². The maximum absolute atomic E-state index is 3.44. The number of halogens is 2. The Bertz CT molecular complexity index is 1280. The second kappa shape index (κ2) is 8.94. The summed E-state index contributed by atoms with van der Waals surface area (Å²) in [6.45, 7) is 11.9. The van der Waals surface area contributed by atoms with Crippen LogP contribution in [0.3, 0.4) is 0 Å². The molecule has 2 aliphatic carbocycles. The van der Waals surface area contributed by atoms with Crippen LogP contribution in [0.5, 0.6) is 0 Å². The maximum atomic E-state index is 2.74. The standard InChI is InChI=1S/C14H17.C13H9.2CH3.2ClH.H2Si.Zr/c1-9(2)12-6-5-11(4)13-7-10(3)8-14(12)13;1-3-7-12-10(5-1)9-11-6-2-4-8-13(11)12;;;;;;/h5-9H,1-4H3;1-9H;2*1H3;2*1H;1H2;. The first kappa shape index (κ1) is 26.7. The van der Waals surface area contributed by atoms with Gasteiger partial charge in [-0.3, -0.25) is 0 Å². The van der Waals surface area contributed by atoms with E-state index in [4.69, 9.17) is 0 Å². The normalized spacial score (nSPS) is 17.0. The Morgan fingerprint density at radius 1 is 0.758 bits per heavy atom. The monoisotopic (exact) mass is 572 g/mol. The number of hydrogen-bond donors (Lipinski definition) is 0. The Labute approximate surface area is 214 Å². The Hall–Kier alpha value is -0.920. The van der Waals surface area contributed by atoms with Gasteiger partial charge in [-0.05, 0) is 0 Å². The van der Waals surface area contributed by atoms with Gasteiger partial charge in [0.2, 0.25) is 0 Å². The molecule has 1 atom stereocenters. The average Bonchev–Trinajstić information content (AvgIpc) is 3.24. The van der Waals surface area contributed by atoms with Crippen LogP contribution in [0.2, 0.25) is 9.26 Å². The molecule has 0 fully saturated rings. The minimum absolute atomic E-state index is 0. The summed E-state index contributed by atoms with van der Waals surface area (Å²) in [5.41, 5.74) is 13.9. The molecule has 0 bridgehead atoms. The fourth-order valence-electron chi connectivity index (χ4n) is 6.91. The molecule has 3 aromatic rings. The first-order chi connectivity index (χ1) is 14.6. The second-order valence-electron chi connectivity index (χ2n) is 11.3. The molecule has 0 saturated carbocycles. The molecule has 0 amide bonds. The molecule has 3 aromatic carbocycles. The summed E-state index contributed by atoms with van der Waals surface area (Å²) in [6.07, 6.45) is 2.55. The minimum atomic E-state index is -3.44. The third-order valence-electron chi connectivity index (χ3n) is 8.01. The van der Waals surface area contributed by atoms with Gasteiger partial charge in [0.25, 0.3) is 0 Å². The van der Waals surface area contributed by atoms with Gasteiger partial charge < -0.3 is 0 Å². The van der Waals surface area contributed by atoms with E-state index in [2.05, 4.69) is 111 Å². The summed E-state index contributed by atoms with van der Waals surface area (Å²) in [4.78, 5) is 0. The van der Waals surface area contributed by atoms with Crippen LogP contribution in [0, 0.1) is 6.92 Å². The quantitative estimate of drug-likeness (QED) is 0.275. The topological polar surface area (TPSA) is 0 Å². The van der Waals surface area contributed by atoms with Gasteiger partial charge in [0.15, 0.2) is 0 Å². The second-order valence-corrected chi connectivity index (χ2v) is 41.8. The summed E-state index contributed by atoms with van der Waals surface area (Å²) in [6, 6.07) is 23.2. The van der Waals surface area contributed by atoms with Crippen LogP contribution >= 0.6 is 24.8 Å². The fourth-order valence-corrected chi connectivity index (χ4v) is 26.9. The zero-order valence-corrected chi connectivity index (χ0v) is 26.1. The van der Waals surface area contributed by atoms with E-state index in [9.17, 15) is 0 Å². The van der Waals surface area contributed by atoms with Crippen LogP contribution < -0.4 is 0 Å². The van der Waals surface area contributed by atoms with Crippen molar-refractivity contribution < 1.29 is 17.4 Å². The maximum Gasteiger partial charge on any atom is -0.147 e. The van der Waals surface area contributed by atoms with E-state index in [-0.39, 0.29) is 24.8 Å². The Morgan fingerprint density at radius 2 is 1.27 bits per heavy atom. The molecule has 2 aliphatic rings. The van der Waals surface area contributed by atoms with Crippen LogP contribution in [0.1, 0.15) is 67.3 Å². The Kier molecular flexibility index (Phi) is 7.23. The molecular formula is C29H36Cl2SiZr. The molecule has 0 spiro atoms. The van der Waals surface area contributed by atoms with Crippen LogP contribution in [-0.2, 0) is 17.4 Å². The summed E-state index contributed by atoms with van der Waals surface area (Å²) in [5.74, 6) is 0.554. The van der Waals surface area contributed by atoms with E-state index in [1.54, 1.807) is 22.3 Å². The van der Waals surface area contributed by atoms with Gasteiger partial charge in [0.1, 0.15) is 0 Å². The van der Waals surface area contributed by atoms with Crippen molar-refractivity contribution in [3.63, 3.8) is 0 Å². The molecule has 0 aromatic heterocycles. The van der Waals surface area contributed by atoms with Crippen LogP contribution in [-0.4, -0.2) is 6.88 Å². The van der Waals surface area contributed by atoms with Crippen molar-refractivity contribution in [3.05, 3.63) is 99.6 Å². The molecule has 174 valence electrons. The van der Waals surface area contributed by atoms with Crippen LogP contribution in [0.25, 0.3) is 17.2 Å². The summed E-state index contributed by atoms with van der Waals surface area (Å²) < 4.78 is 6.63. The van der Waals surface area contributed by atoms with Gasteiger partial charge in [-0.1, -0.05) is 0 Å². The SMILES string of the molecule is CC1=Cc2c(C(C)C)ccc(C)c2[CH]1[Zr]([CH3])([CH3])(=[SiH2])[CH]1c2ccccc2-c2ccccc21.Cl.Cl. The molecular weight excluding hydrogens is 539 g/mol. The van der Waals surface area contributed by atoms with E-state index in [0.29, 0.717) is 13.2 Å². The Balaban J connectivity index is 0.00000153. The summed E-state index contributed by atoms with van der Waals surface area (Å²) in [5, 5.41) is 0. The van der Waals surface area contributed by atoms with Crippen molar-refractivity contribution in [1.29, 1.82) is 0 Å². The molecule has 0 nitrogen and oxygen atoms in total. The molecule has 0 saturated heterocycles. The van der Waals surface area contributed by atoms with Crippen LogP contribution in [0.4, 0.5) is 0 Å². The largest absolute Gasteiger partial charge is 0.147 e. The molecule has 0 radical (unpaired) electrons. The number of aryl methyl sites for hydroxylation is 1. The molecule has 0 aliphatic heterocycles. The van der Waals surface area contributed by atoms with Crippen molar-refractivity contribution in [1.82, 2.24) is 0 Å². The number of allylic oxidation sites excluding steroid dienone is 1. The molecule has 1 unspecified atom stereocenters. The van der Waals surface area contributed by atoms with E-state index in [1.807, 2.05) is 0 Å². The first-order valence-electron chi connectivity index (χ1n) is 11.7. The van der Waals surface area contributed by atoms with E-state index < -0.39 is 17.4 Å². The number of hydrogen-bond acceptors (Lipinski definition) is 0. The zero-order valence-electron chi connectivity index (χ0n) is 20.6. The van der Waals surface area contributed by atoms with E-state index >= 15 is 0 Å². The fraction of sp³-hybridized carbons (Fsp3) is 0.310.